The van der Waals surface area contributed by atoms with Crippen molar-refractivity contribution in [1.82, 2.24) is 0 Å². The fourth-order valence-electron chi connectivity index (χ4n) is 2.13. The highest BCUT2D eigenvalue weighted by atomic mass is 79.9. The van der Waals surface area contributed by atoms with Gasteiger partial charge in [-0.15, -0.1) is 0 Å². The maximum atomic E-state index is 12.3. The lowest BCUT2D eigenvalue weighted by molar-refractivity contribution is 0.102. The zero-order valence-electron chi connectivity index (χ0n) is 11.6. The van der Waals surface area contributed by atoms with Gasteiger partial charge < -0.3 is 10.4 Å². The summed E-state index contributed by atoms with van der Waals surface area (Å²) in [5.74, 6) is -0.280. The van der Waals surface area contributed by atoms with Gasteiger partial charge in [-0.05, 0) is 55.7 Å². The van der Waals surface area contributed by atoms with E-state index in [9.17, 15) is 9.90 Å². The van der Waals surface area contributed by atoms with Gasteiger partial charge in [-0.1, -0.05) is 28.1 Å². The van der Waals surface area contributed by atoms with Crippen molar-refractivity contribution in [2.24, 2.45) is 0 Å². The van der Waals surface area contributed by atoms with Crippen LogP contribution in [-0.2, 0) is 0 Å². The summed E-state index contributed by atoms with van der Waals surface area (Å²) >= 11 is 3.43. The van der Waals surface area contributed by atoms with Crippen LogP contribution in [0.15, 0.2) is 34.8 Å². The molecule has 0 saturated carbocycles. The van der Waals surface area contributed by atoms with Gasteiger partial charge in [0.05, 0.1) is 5.56 Å². The molecule has 2 rings (SSSR count). The summed E-state index contributed by atoms with van der Waals surface area (Å²) in [5.41, 5.74) is 3.68. The van der Waals surface area contributed by atoms with Gasteiger partial charge in [0.1, 0.15) is 5.75 Å². The number of aromatic hydroxyl groups is 1. The molecular formula is C16H16BrNO2. The molecule has 0 saturated heterocycles. The van der Waals surface area contributed by atoms with Crippen molar-refractivity contribution < 1.29 is 9.90 Å². The minimum atomic E-state index is -0.306. The van der Waals surface area contributed by atoms with Gasteiger partial charge in [0, 0.05) is 10.2 Å². The molecule has 2 aromatic carbocycles. The number of amides is 1. The highest BCUT2D eigenvalue weighted by Gasteiger charge is 2.14. The van der Waals surface area contributed by atoms with Gasteiger partial charge >= 0.3 is 0 Å². The maximum absolute atomic E-state index is 12.3. The van der Waals surface area contributed by atoms with E-state index in [0.717, 1.165) is 21.3 Å². The molecule has 0 atom stereocenters. The molecule has 0 unspecified atom stereocenters. The summed E-state index contributed by atoms with van der Waals surface area (Å²) in [6, 6.07) is 9.02. The molecule has 0 heterocycles. The second kappa shape index (κ2) is 5.67. The van der Waals surface area contributed by atoms with Crippen molar-refractivity contribution in [3.05, 3.63) is 57.1 Å². The molecule has 3 nitrogen and oxygen atoms in total. The first-order valence-electron chi connectivity index (χ1n) is 6.27. The highest BCUT2D eigenvalue weighted by molar-refractivity contribution is 9.10. The predicted octanol–water partition coefficient (Wildman–Crippen LogP) is 4.33. The van der Waals surface area contributed by atoms with Crippen LogP contribution in [-0.4, -0.2) is 11.0 Å². The molecule has 0 radical (unpaired) electrons. The molecule has 0 bridgehead atoms. The third-order valence-corrected chi connectivity index (χ3v) is 3.68. The van der Waals surface area contributed by atoms with Crippen LogP contribution in [0.4, 0.5) is 5.69 Å². The van der Waals surface area contributed by atoms with E-state index in [2.05, 4.69) is 21.2 Å². The molecular weight excluding hydrogens is 318 g/mol. The fourth-order valence-corrected chi connectivity index (χ4v) is 2.82. The summed E-state index contributed by atoms with van der Waals surface area (Å²) in [6.45, 7) is 5.63. The molecule has 2 aromatic rings. The molecule has 0 aliphatic heterocycles. The highest BCUT2D eigenvalue weighted by Crippen LogP contribution is 2.27. The number of phenols is 1. The summed E-state index contributed by atoms with van der Waals surface area (Å²) in [6.07, 6.45) is 0. The van der Waals surface area contributed by atoms with Crippen molar-refractivity contribution in [2.45, 2.75) is 20.8 Å². The van der Waals surface area contributed by atoms with E-state index < -0.39 is 0 Å². The van der Waals surface area contributed by atoms with Crippen LogP contribution in [0.2, 0.25) is 0 Å². The lowest BCUT2D eigenvalue weighted by Crippen LogP contribution is -2.14. The Hall–Kier alpha value is -1.81. The van der Waals surface area contributed by atoms with Crippen LogP contribution in [0.1, 0.15) is 27.0 Å². The smallest absolute Gasteiger partial charge is 0.259 e. The van der Waals surface area contributed by atoms with Crippen LogP contribution in [0.25, 0.3) is 0 Å². The Labute approximate surface area is 126 Å². The first-order valence-corrected chi connectivity index (χ1v) is 7.06. The average molecular weight is 334 g/mol. The van der Waals surface area contributed by atoms with Crippen LogP contribution < -0.4 is 5.32 Å². The van der Waals surface area contributed by atoms with E-state index in [4.69, 9.17) is 0 Å². The number of hydrogen-bond donors (Lipinski definition) is 2. The maximum Gasteiger partial charge on any atom is 0.259 e. The fraction of sp³-hybridized carbons (Fsp3) is 0.188. The first-order chi connectivity index (χ1) is 9.40. The Bertz CT molecular complexity index is 657. The first kappa shape index (κ1) is 14.6. The second-order valence-electron chi connectivity index (χ2n) is 4.84. The zero-order chi connectivity index (χ0) is 14.9. The van der Waals surface area contributed by atoms with Crippen LogP contribution in [0.5, 0.6) is 5.75 Å². The number of aryl methyl sites for hydroxylation is 3. The van der Waals surface area contributed by atoms with E-state index >= 15 is 0 Å². The lowest BCUT2D eigenvalue weighted by Gasteiger charge is -2.13. The predicted molar refractivity (Wildman–Crippen MR) is 84.4 cm³/mol. The van der Waals surface area contributed by atoms with E-state index in [-0.39, 0.29) is 17.2 Å². The third kappa shape index (κ3) is 2.85. The van der Waals surface area contributed by atoms with Crippen molar-refractivity contribution >= 4 is 27.5 Å². The van der Waals surface area contributed by atoms with Crippen molar-refractivity contribution in [1.29, 1.82) is 0 Å². The lowest BCUT2D eigenvalue weighted by atomic mass is 10.1. The van der Waals surface area contributed by atoms with E-state index in [0.29, 0.717) is 5.56 Å². The van der Waals surface area contributed by atoms with Crippen LogP contribution >= 0.6 is 15.9 Å². The summed E-state index contributed by atoms with van der Waals surface area (Å²) in [5, 5.41) is 12.8. The van der Waals surface area contributed by atoms with Gasteiger partial charge in [-0.25, -0.2) is 0 Å². The van der Waals surface area contributed by atoms with Gasteiger partial charge in [0.25, 0.3) is 5.91 Å². The minimum absolute atomic E-state index is 0.0254. The molecule has 0 spiro atoms. The second-order valence-corrected chi connectivity index (χ2v) is 5.76. The van der Waals surface area contributed by atoms with Gasteiger partial charge in [-0.2, -0.15) is 0 Å². The number of phenolic OH excluding ortho intramolecular Hbond substituents is 1. The monoisotopic (exact) mass is 333 g/mol. The number of rotatable bonds is 2. The Morgan fingerprint density at radius 2 is 1.70 bits per heavy atom. The summed E-state index contributed by atoms with van der Waals surface area (Å²) in [4.78, 5) is 12.3. The van der Waals surface area contributed by atoms with Gasteiger partial charge in [-0.3, -0.25) is 4.79 Å². The number of halogens is 1. The molecule has 2 N–H and O–H groups in total. The Balaban J connectivity index is 2.36. The average Bonchev–Trinajstić information content (AvgIpc) is 2.36. The number of para-hydroxylation sites is 1. The van der Waals surface area contributed by atoms with E-state index in [1.807, 2.05) is 26.0 Å². The number of hydrogen-bond acceptors (Lipinski definition) is 2. The number of benzene rings is 2. The number of carbonyl (C=O) groups excluding carboxylic acids is 1. The molecule has 104 valence electrons. The standard InChI is InChI=1S/C16H16BrNO2/c1-9-5-4-6-13(15(9)19)16(20)18-14-10(2)7-12(17)8-11(14)3/h4-8,19H,1-3H3,(H,18,20). The SMILES string of the molecule is Cc1cccc(C(=O)Nc2c(C)cc(Br)cc2C)c1O. The van der Waals surface area contributed by atoms with Gasteiger partial charge in [0.2, 0.25) is 0 Å². The van der Waals surface area contributed by atoms with Crippen molar-refractivity contribution in [2.75, 3.05) is 5.32 Å². The Morgan fingerprint density at radius 1 is 1.10 bits per heavy atom. The van der Waals surface area contributed by atoms with Crippen LogP contribution in [0.3, 0.4) is 0 Å². The molecule has 4 heteroatoms. The molecule has 1 amide bonds. The molecule has 0 fully saturated rings. The van der Waals surface area contributed by atoms with Crippen molar-refractivity contribution in [3.63, 3.8) is 0 Å². The van der Waals surface area contributed by atoms with E-state index in [1.165, 1.54) is 0 Å². The zero-order valence-corrected chi connectivity index (χ0v) is 13.2. The summed E-state index contributed by atoms with van der Waals surface area (Å²) < 4.78 is 0.976. The largest absolute Gasteiger partial charge is 0.507 e. The summed E-state index contributed by atoms with van der Waals surface area (Å²) in [7, 11) is 0. The molecule has 0 aromatic heterocycles. The van der Waals surface area contributed by atoms with Crippen LogP contribution in [0, 0.1) is 20.8 Å². The Morgan fingerprint density at radius 3 is 2.30 bits per heavy atom. The van der Waals surface area contributed by atoms with Crippen molar-refractivity contribution in [3.8, 4) is 5.75 Å². The Kier molecular flexibility index (Phi) is 4.14. The molecule has 0 aliphatic rings. The normalized spacial score (nSPS) is 10.4. The van der Waals surface area contributed by atoms with Gasteiger partial charge in [0.15, 0.2) is 0 Å². The number of nitrogens with one attached hydrogen (secondary N) is 1. The van der Waals surface area contributed by atoms with E-state index in [1.54, 1.807) is 25.1 Å². The molecule has 20 heavy (non-hydrogen) atoms. The molecule has 0 aliphatic carbocycles. The minimum Gasteiger partial charge on any atom is -0.507 e. The number of carbonyl (C=O) groups is 1. The third-order valence-electron chi connectivity index (χ3n) is 3.22. The topological polar surface area (TPSA) is 49.3 Å². The quantitative estimate of drug-likeness (QED) is 0.859. The number of anilines is 1.